The first-order valence-corrected chi connectivity index (χ1v) is 7.51. The minimum Gasteiger partial charge on any atom is -0.481 e. The van der Waals surface area contributed by atoms with E-state index in [0.717, 1.165) is 12.8 Å². The molecule has 0 fully saturated rings. The zero-order valence-electron chi connectivity index (χ0n) is 13.1. The van der Waals surface area contributed by atoms with Crippen LogP contribution in [0.2, 0.25) is 0 Å². The van der Waals surface area contributed by atoms with Crippen LogP contribution in [0.3, 0.4) is 0 Å². The molecule has 3 nitrogen and oxygen atoms in total. The molecule has 21 heavy (non-hydrogen) atoms. The molecule has 0 aliphatic carbocycles. The number of hydrogen-bond donors (Lipinski definition) is 1. The van der Waals surface area contributed by atoms with Crippen LogP contribution in [-0.4, -0.2) is 19.1 Å². The molecule has 0 amide bonds. The van der Waals surface area contributed by atoms with Crippen LogP contribution in [0, 0.1) is 0 Å². The van der Waals surface area contributed by atoms with Gasteiger partial charge in [-0.2, -0.15) is 0 Å². The monoisotopic (exact) mass is 284 g/mol. The number of methoxy groups -OCH3 is 1. The van der Waals surface area contributed by atoms with Gasteiger partial charge in [0.25, 0.3) is 0 Å². The van der Waals surface area contributed by atoms with E-state index in [-0.39, 0.29) is 0 Å². The number of nitrogens with one attached hydrogen (secondary N) is 1. The van der Waals surface area contributed by atoms with Gasteiger partial charge in [-0.1, -0.05) is 43.7 Å². The van der Waals surface area contributed by atoms with Crippen LogP contribution in [0.5, 0.6) is 5.88 Å². The summed E-state index contributed by atoms with van der Waals surface area (Å²) in [7, 11) is 3.64. The van der Waals surface area contributed by atoms with Crippen LogP contribution in [0.15, 0.2) is 42.6 Å². The molecular weight excluding hydrogens is 260 g/mol. The minimum atomic E-state index is 0.303. The molecule has 0 saturated carbocycles. The summed E-state index contributed by atoms with van der Waals surface area (Å²) in [5, 5.41) is 3.41. The molecule has 1 N–H and O–H groups in total. The molecule has 1 aromatic carbocycles. The second kappa shape index (κ2) is 7.79. The molecule has 2 rings (SSSR count). The van der Waals surface area contributed by atoms with Gasteiger partial charge in [-0.15, -0.1) is 0 Å². The lowest BCUT2D eigenvalue weighted by Gasteiger charge is -2.17. The molecule has 3 heteroatoms. The van der Waals surface area contributed by atoms with Gasteiger partial charge >= 0.3 is 0 Å². The van der Waals surface area contributed by atoms with Crippen molar-refractivity contribution in [2.45, 2.75) is 32.2 Å². The van der Waals surface area contributed by atoms with Gasteiger partial charge in [0, 0.05) is 18.3 Å². The van der Waals surface area contributed by atoms with E-state index in [9.17, 15) is 0 Å². The number of ether oxygens (including phenoxy) is 1. The summed E-state index contributed by atoms with van der Waals surface area (Å²) in [6.07, 6.45) is 5.12. The maximum atomic E-state index is 5.10. The van der Waals surface area contributed by atoms with Gasteiger partial charge < -0.3 is 10.1 Å². The maximum Gasteiger partial charge on any atom is 0.212 e. The molecule has 0 radical (unpaired) electrons. The van der Waals surface area contributed by atoms with Crippen LogP contribution in [0.4, 0.5) is 0 Å². The van der Waals surface area contributed by atoms with Gasteiger partial charge in [-0.3, -0.25) is 0 Å². The van der Waals surface area contributed by atoms with Crippen molar-refractivity contribution in [1.29, 1.82) is 0 Å². The summed E-state index contributed by atoms with van der Waals surface area (Å²) in [4.78, 5) is 4.28. The fourth-order valence-electron chi connectivity index (χ4n) is 2.53. The highest BCUT2D eigenvalue weighted by atomic mass is 16.5. The van der Waals surface area contributed by atoms with Gasteiger partial charge in [-0.25, -0.2) is 4.98 Å². The van der Waals surface area contributed by atoms with Gasteiger partial charge in [0.2, 0.25) is 5.88 Å². The topological polar surface area (TPSA) is 34.1 Å². The highest BCUT2D eigenvalue weighted by Crippen LogP contribution is 2.20. The smallest absolute Gasteiger partial charge is 0.212 e. The zero-order chi connectivity index (χ0) is 15.1. The summed E-state index contributed by atoms with van der Waals surface area (Å²) < 4.78 is 5.10. The Kier molecular flexibility index (Phi) is 5.76. The Morgan fingerprint density at radius 1 is 1.19 bits per heavy atom. The third-order valence-electron chi connectivity index (χ3n) is 3.69. The summed E-state index contributed by atoms with van der Waals surface area (Å²) in [6.45, 7) is 2.21. The lowest BCUT2D eigenvalue weighted by atomic mass is 9.97. The Hall–Kier alpha value is -1.87. The average molecular weight is 284 g/mol. The van der Waals surface area contributed by atoms with E-state index in [1.807, 2.05) is 19.3 Å². The molecule has 0 bridgehead atoms. The quantitative estimate of drug-likeness (QED) is 0.844. The maximum absolute atomic E-state index is 5.10. The lowest BCUT2D eigenvalue weighted by molar-refractivity contribution is 0.397. The van der Waals surface area contributed by atoms with E-state index in [0.29, 0.717) is 11.9 Å². The predicted octanol–water partition coefficient (Wildman–Crippen LogP) is 3.55. The lowest BCUT2D eigenvalue weighted by Crippen LogP contribution is -2.19. The number of aryl methyl sites for hydroxylation is 1. The van der Waals surface area contributed by atoms with Gasteiger partial charge in [-0.05, 0) is 36.6 Å². The normalized spacial score (nSPS) is 12.1. The van der Waals surface area contributed by atoms with Crippen molar-refractivity contribution in [3.05, 3.63) is 59.3 Å². The van der Waals surface area contributed by atoms with Crippen LogP contribution in [0.1, 0.15) is 36.1 Å². The predicted molar refractivity (Wildman–Crippen MR) is 86.7 cm³/mol. The molecule has 112 valence electrons. The molecule has 2 aromatic rings. The second-order valence-electron chi connectivity index (χ2n) is 5.25. The van der Waals surface area contributed by atoms with E-state index in [2.05, 4.69) is 47.6 Å². The van der Waals surface area contributed by atoms with Crippen molar-refractivity contribution < 1.29 is 4.74 Å². The van der Waals surface area contributed by atoms with E-state index in [4.69, 9.17) is 4.74 Å². The fraction of sp³-hybridized carbons (Fsp3) is 0.389. The Labute approximate surface area is 127 Å². The fourth-order valence-corrected chi connectivity index (χ4v) is 2.53. The Morgan fingerprint density at radius 3 is 2.67 bits per heavy atom. The summed E-state index contributed by atoms with van der Waals surface area (Å²) in [5.74, 6) is 0.657. The highest BCUT2D eigenvalue weighted by molar-refractivity contribution is 5.28. The van der Waals surface area contributed by atoms with Crippen molar-refractivity contribution in [2.75, 3.05) is 14.2 Å². The Balaban J connectivity index is 2.12. The molecule has 0 aliphatic heterocycles. The van der Waals surface area contributed by atoms with E-state index in [1.54, 1.807) is 7.11 Å². The van der Waals surface area contributed by atoms with E-state index < -0.39 is 0 Å². The largest absolute Gasteiger partial charge is 0.481 e. The number of aromatic nitrogens is 1. The summed E-state index contributed by atoms with van der Waals surface area (Å²) in [6, 6.07) is 13.1. The molecular formula is C18H24N2O. The molecule has 1 unspecified atom stereocenters. The van der Waals surface area contributed by atoms with Crippen LogP contribution >= 0.6 is 0 Å². The van der Waals surface area contributed by atoms with Gasteiger partial charge in [0.05, 0.1) is 7.11 Å². The summed E-state index contributed by atoms with van der Waals surface area (Å²) >= 11 is 0. The standard InChI is InChI=1S/C18H24N2O/c1-4-6-14-7-5-8-16(11-14)17(19-2)12-15-9-10-18(21-3)20-13-15/h5,7-11,13,17,19H,4,6,12H2,1-3H3. The molecule has 0 saturated heterocycles. The number of pyridine rings is 1. The number of benzene rings is 1. The van der Waals surface area contributed by atoms with Crippen molar-refractivity contribution >= 4 is 0 Å². The highest BCUT2D eigenvalue weighted by Gasteiger charge is 2.11. The average Bonchev–Trinajstić information content (AvgIpc) is 2.54. The van der Waals surface area contributed by atoms with Crippen molar-refractivity contribution in [2.24, 2.45) is 0 Å². The third kappa shape index (κ3) is 4.30. The molecule has 1 atom stereocenters. The zero-order valence-corrected chi connectivity index (χ0v) is 13.1. The van der Waals surface area contributed by atoms with Gasteiger partial charge in [0.1, 0.15) is 0 Å². The number of likely N-dealkylation sites (N-methyl/N-ethyl adjacent to an activating group) is 1. The number of nitrogens with zero attached hydrogens (tertiary/aromatic N) is 1. The molecule has 0 spiro atoms. The van der Waals surface area contributed by atoms with Crippen LogP contribution in [0.25, 0.3) is 0 Å². The van der Waals surface area contributed by atoms with Crippen molar-refractivity contribution in [3.63, 3.8) is 0 Å². The first-order valence-electron chi connectivity index (χ1n) is 7.51. The van der Waals surface area contributed by atoms with Crippen molar-refractivity contribution in [1.82, 2.24) is 10.3 Å². The Morgan fingerprint density at radius 2 is 2.05 bits per heavy atom. The Bertz CT molecular complexity index is 551. The first-order chi connectivity index (χ1) is 10.3. The number of rotatable bonds is 7. The minimum absolute atomic E-state index is 0.303. The second-order valence-corrected chi connectivity index (χ2v) is 5.25. The molecule has 1 aromatic heterocycles. The SMILES string of the molecule is CCCc1cccc(C(Cc2ccc(OC)nc2)NC)c1. The molecule has 1 heterocycles. The van der Waals surface area contributed by atoms with Crippen LogP contribution < -0.4 is 10.1 Å². The van der Waals surface area contributed by atoms with E-state index in [1.165, 1.54) is 23.1 Å². The summed E-state index contributed by atoms with van der Waals surface area (Å²) in [5.41, 5.74) is 3.94. The molecule has 0 aliphatic rings. The van der Waals surface area contributed by atoms with Crippen molar-refractivity contribution in [3.8, 4) is 5.88 Å². The van der Waals surface area contributed by atoms with E-state index >= 15 is 0 Å². The van der Waals surface area contributed by atoms with Gasteiger partial charge in [0.15, 0.2) is 0 Å². The third-order valence-corrected chi connectivity index (χ3v) is 3.69. The number of hydrogen-bond acceptors (Lipinski definition) is 3. The van der Waals surface area contributed by atoms with Crippen LogP contribution in [-0.2, 0) is 12.8 Å². The first kappa shape index (κ1) is 15.5.